The minimum absolute atomic E-state index is 0.330. The zero-order valence-electron chi connectivity index (χ0n) is 18.0. The lowest BCUT2D eigenvalue weighted by Crippen LogP contribution is -2.62. The van der Waals surface area contributed by atoms with Crippen LogP contribution in [0.5, 0.6) is 5.75 Å². The number of anilines is 1. The van der Waals surface area contributed by atoms with Gasteiger partial charge in [0, 0.05) is 24.5 Å². The summed E-state index contributed by atoms with van der Waals surface area (Å²) >= 11 is 1.61. The van der Waals surface area contributed by atoms with E-state index in [4.69, 9.17) is 4.74 Å². The maximum Gasteiger partial charge on any atom is 0.244 e. The SMILES string of the molecule is COc1ccc(CCN2CCC3(CC2)Nc2ccc(-c4cccs4)cc2S(=O)(=O)N3)cc1. The highest BCUT2D eigenvalue weighted by atomic mass is 32.2. The van der Waals surface area contributed by atoms with Gasteiger partial charge in [-0.05, 0) is 66.1 Å². The van der Waals surface area contributed by atoms with Crippen LogP contribution in [-0.2, 0) is 16.4 Å². The zero-order valence-corrected chi connectivity index (χ0v) is 19.6. The van der Waals surface area contributed by atoms with E-state index >= 15 is 0 Å². The first kappa shape index (κ1) is 21.5. The second kappa shape index (κ2) is 8.51. The van der Waals surface area contributed by atoms with E-state index in [0.29, 0.717) is 10.6 Å². The zero-order chi connectivity index (χ0) is 22.2. The Morgan fingerprint density at radius 3 is 2.56 bits per heavy atom. The lowest BCUT2D eigenvalue weighted by Gasteiger charge is -2.45. The van der Waals surface area contributed by atoms with Crippen LogP contribution in [0.2, 0.25) is 0 Å². The molecule has 8 heteroatoms. The van der Waals surface area contributed by atoms with Crippen molar-refractivity contribution in [3.05, 3.63) is 65.5 Å². The molecule has 3 heterocycles. The third-order valence-electron chi connectivity index (χ3n) is 6.37. The topological polar surface area (TPSA) is 70.7 Å². The van der Waals surface area contributed by atoms with Crippen LogP contribution in [0.15, 0.2) is 64.9 Å². The quantitative estimate of drug-likeness (QED) is 0.587. The molecule has 2 aliphatic rings. The summed E-state index contributed by atoms with van der Waals surface area (Å²) in [6, 6.07) is 17.8. The first-order chi connectivity index (χ1) is 15.5. The van der Waals surface area contributed by atoms with E-state index in [0.717, 1.165) is 55.1 Å². The number of piperidine rings is 1. The fourth-order valence-corrected chi connectivity index (χ4v) is 6.80. The summed E-state index contributed by atoms with van der Waals surface area (Å²) in [5.41, 5.74) is 2.27. The van der Waals surface area contributed by atoms with Gasteiger partial charge >= 0.3 is 0 Å². The minimum atomic E-state index is -3.58. The Hall–Kier alpha value is -2.39. The third-order valence-corrected chi connectivity index (χ3v) is 8.86. The van der Waals surface area contributed by atoms with Crippen molar-refractivity contribution < 1.29 is 13.2 Å². The predicted molar refractivity (Wildman–Crippen MR) is 129 cm³/mol. The monoisotopic (exact) mass is 469 g/mol. The highest BCUT2D eigenvalue weighted by Gasteiger charge is 2.43. The van der Waals surface area contributed by atoms with Crippen molar-refractivity contribution in [1.82, 2.24) is 9.62 Å². The van der Waals surface area contributed by atoms with Gasteiger partial charge in [0.15, 0.2) is 0 Å². The molecule has 6 nitrogen and oxygen atoms in total. The average Bonchev–Trinajstić information content (AvgIpc) is 3.34. The van der Waals surface area contributed by atoms with Crippen molar-refractivity contribution in [3.63, 3.8) is 0 Å². The number of benzene rings is 2. The van der Waals surface area contributed by atoms with Gasteiger partial charge in [0.25, 0.3) is 0 Å². The van der Waals surface area contributed by atoms with Gasteiger partial charge in [0.05, 0.1) is 12.8 Å². The minimum Gasteiger partial charge on any atom is -0.497 e. The molecule has 0 amide bonds. The van der Waals surface area contributed by atoms with Gasteiger partial charge in [-0.15, -0.1) is 11.3 Å². The second-order valence-corrected chi connectivity index (χ2v) is 11.0. The van der Waals surface area contributed by atoms with Crippen molar-refractivity contribution >= 4 is 27.0 Å². The van der Waals surface area contributed by atoms with E-state index in [-0.39, 0.29) is 0 Å². The molecule has 0 unspecified atom stereocenters. The van der Waals surface area contributed by atoms with E-state index in [9.17, 15) is 8.42 Å². The van der Waals surface area contributed by atoms with Crippen LogP contribution in [0, 0.1) is 0 Å². The standard InChI is InChI=1S/C24H27N3O3S2/c1-30-20-7-4-18(5-8-20)10-13-27-14-11-24(12-15-27)25-21-9-6-19(22-3-2-16-31-22)17-23(21)32(28,29)26-24/h2-9,16-17,25-26H,10-15H2,1H3. The van der Waals surface area contributed by atoms with E-state index in [1.165, 1.54) is 5.56 Å². The lowest BCUT2D eigenvalue weighted by molar-refractivity contribution is 0.166. The van der Waals surface area contributed by atoms with Crippen LogP contribution in [0.25, 0.3) is 10.4 Å². The maximum absolute atomic E-state index is 13.1. The molecule has 0 aliphatic carbocycles. The van der Waals surface area contributed by atoms with Crippen LogP contribution in [-0.4, -0.2) is 45.7 Å². The van der Waals surface area contributed by atoms with Crippen molar-refractivity contribution in [2.75, 3.05) is 32.1 Å². The molecule has 2 aromatic carbocycles. The van der Waals surface area contributed by atoms with Gasteiger partial charge in [-0.2, -0.15) is 4.72 Å². The van der Waals surface area contributed by atoms with E-state index in [2.05, 4.69) is 27.1 Å². The van der Waals surface area contributed by atoms with Crippen molar-refractivity contribution in [1.29, 1.82) is 0 Å². The Morgan fingerprint density at radius 2 is 1.88 bits per heavy atom. The number of methoxy groups -OCH3 is 1. The smallest absolute Gasteiger partial charge is 0.244 e. The Kier molecular flexibility index (Phi) is 5.71. The van der Waals surface area contributed by atoms with Crippen molar-refractivity contribution in [2.24, 2.45) is 0 Å². The molecule has 0 radical (unpaired) electrons. The van der Waals surface area contributed by atoms with E-state index in [1.807, 2.05) is 41.8 Å². The number of thiophene rings is 1. The number of nitrogens with one attached hydrogen (secondary N) is 2. The molecule has 1 spiro atoms. The summed E-state index contributed by atoms with van der Waals surface area (Å²) in [6.45, 7) is 2.64. The number of likely N-dealkylation sites (tertiary alicyclic amines) is 1. The van der Waals surface area contributed by atoms with Crippen LogP contribution in [0.3, 0.4) is 0 Å². The molecule has 5 rings (SSSR count). The molecule has 2 N–H and O–H groups in total. The molecule has 3 aromatic rings. The number of hydrogen-bond acceptors (Lipinski definition) is 6. The van der Waals surface area contributed by atoms with Crippen LogP contribution < -0.4 is 14.8 Å². The molecular weight excluding hydrogens is 442 g/mol. The van der Waals surface area contributed by atoms with E-state index < -0.39 is 15.7 Å². The van der Waals surface area contributed by atoms with E-state index in [1.54, 1.807) is 24.5 Å². The van der Waals surface area contributed by atoms with Crippen LogP contribution in [0.1, 0.15) is 18.4 Å². The number of ether oxygens (including phenoxy) is 1. The second-order valence-electron chi connectivity index (χ2n) is 8.44. The Bertz CT molecular complexity index is 1180. The highest BCUT2D eigenvalue weighted by molar-refractivity contribution is 7.89. The number of nitrogens with zero attached hydrogens (tertiary/aromatic N) is 1. The number of fused-ring (bicyclic) bond motifs is 1. The molecular formula is C24H27N3O3S2. The molecule has 0 saturated carbocycles. The summed E-state index contributed by atoms with van der Waals surface area (Å²) in [4.78, 5) is 3.80. The van der Waals surface area contributed by atoms with Gasteiger partial charge in [0.2, 0.25) is 10.0 Å². The molecule has 1 fully saturated rings. The Labute approximate surface area is 193 Å². The maximum atomic E-state index is 13.1. The first-order valence-corrected chi connectivity index (χ1v) is 13.2. The Morgan fingerprint density at radius 1 is 1.09 bits per heavy atom. The molecule has 1 saturated heterocycles. The highest BCUT2D eigenvalue weighted by Crippen LogP contribution is 2.38. The molecule has 32 heavy (non-hydrogen) atoms. The fourth-order valence-electron chi connectivity index (χ4n) is 4.50. The summed E-state index contributed by atoms with van der Waals surface area (Å²) in [6.07, 6.45) is 2.41. The van der Waals surface area contributed by atoms with Crippen LogP contribution >= 0.6 is 11.3 Å². The average molecular weight is 470 g/mol. The summed E-state index contributed by atoms with van der Waals surface area (Å²) < 4.78 is 34.5. The largest absolute Gasteiger partial charge is 0.497 e. The Balaban J connectivity index is 1.25. The third kappa shape index (κ3) is 4.28. The molecule has 2 aliphatic heterocycles. The molecule has 0 bridgehead atoms. The summed E-state index contributed by atoms with van der Waals surface area (Å²) in [5, 5.41) is 5.52. The molecule has 168 valence electrons. The van der Waals surface area contributed by atoms with Crippen molar-refractivity contribution in [2.45, 2.75) is 29.8 Å². The normalized spacial score (nSPS) is 19.3. The first-order valence-electron chi connectivity index (χ1n) is 10.8. The fraction of sp³-hybridized carbons (Fsp3) is 0.333. The van der Waals surface area contributed by atoms with Gasteiger partial charge < -0.3 is 15.0 Å². The molecule has 0 atom stereocenters. The number of rotatable bonds is 5. The predicted octanol–water partition coefficient (Wildman–Crippen LogP) is 4.16. The summed E-state index contributed by atoms with van der Waals surface area (Å²) in [5.74, 6) is 0.868. The number of sulfonamides is 1. The lowest BCUT2D eigenvalue weighted by atomic mass is 9.96. The van der Waals surface area contributed by atoms with Gasteiger partial charge in [0.1, 0.15) is 16.3 Å². The van der Waals surface area contributed by atoms with Gasteiger partial charge in [-0.1, -0.05) is 24.3 Å². The van der Waals surface area contributed by atoms with Gasteiger partial charge in [-0.25, -0.2) is 8.42 Å². The molecule has 1 aromatic heterocycles. The summed E-state index contributed by atoms with van der Waals surface area (Å²) in [7, 11) is -1.91. The van der Waals surface area contributed by atoms with Gasteiger partial charge in [-0.3, -0.25) is 0 Å². The van der Waals surface area contributed by atoms with Crippen LogP contribution in [0.4, 0.5) is 5.69 Å². The number of hydrogen-bond donors (Lipinski definition) is 2. The van der Waals surface area contributed by atoms with Crippen molar-refractivity contribution in [3.8, 4) is 16.2 Å².